The van der Waals surface area contributed by atoms with Gasteiger partial charge in [-0.3, -0.25) is 4.79 Å². The van der Waals surface area contributed by atoms with Gasteiger partial charge in [-0.05, 0) is 66.1 Å². The Kier molecular flexibility index (Phi) is 7.23. The quantitative estimate of drug-likeness (QED) is 0.387. The van der Waals surface area contributed by atoms with Crippen molar-refractivity contribution < 1.29 is 14.3 Å². The first-order chi connectivity index (χ1) is 13.3. The predicted molar refractivity (Wildman–Crippen MR) is 110 cm³/mol. The Hall–Kier alpha value is -2.39. The van der Waals surface area contributed by atoms with Gasteiger partial charge in [-0.1, -0.05) is 43.7 Å². The van der Waals surface area contributed by atoms with Gasteiger partial charge in [-0.25, -0.2) is 0 Å². The summed E-state index contributed by atoms with van der Waals surface area (Å²) in [4.78, 5) is 11.6. The van der Waals surface area contributed by atoms with Gasteiger partial charge in [-0.15, -0.1) is 0 Å². The number of carbonyl (C=O) groups excluding carboxylic acids is 1. The van der Waals surface area contributed by atoms with Crippen LogP contribution < -0.4 is 4.74 Å². The first-order valence-electron chi connectivity index (χ1n) is 9.91. The molecule has 0 saturated heterocycles. The summed E-state index contributed by atoms with van der Waals surface area (Å²) in [5.41, 5.74) is 5.28. The van der Waals surface area contributed by atoms with E-state index >= 15 is 0 Å². The van der Waals surface area contributed by atoms with E-state index in [1.807, 2.05) is 30.3 Å². The fourth-order valence-corrected chi connectivity index (χ4v) is 3.36. The molecule has 1 aliphatic rings. The lowest BCUT2D eigenvalue weighted by atomic mass is 9.95. The molecule has 0 unspecified atom stereocenters. The van der Waals surface area contributed by atoms with Crippen molar-refractivity contribution in [2.45, 2.75) is 39.0 Å². The Morgan fingerprint density at radius 3 is 2.52 bits per heavy atom. The second-order valence-electron chi connectivity index (χ2n) is 6.88. The van der Waals surface area contributed by atoms with Crippen LogP contribution in [0.4, 0.5) is 0 Å². The van der Waals surface area contributed by atoms with Crippen molar-refractivity contribution in [3.05, 3.63) is 59.7 Å². The molecular formula is C24H28O3. The second kappa shape index (κ2) is 10.1. The van der Waals surface area contributed by atoms with E-state index in [1.54, 1.807) is 0 Å². The molecule has 0 bridgehead atoms. The fraction of sp³-hybridized carbons (Fsp3) is 0.375. The van der Waals surface area contributed by atoms with Crippen LogP contribution >= 0.6 is 0 Å². The van der Waals surface area contributed by atoms with E-state index in [1.165, 1.54) is 12.0 Å². The lowest BCUT2D eigenvalue weighted by molar-refractivity contribution is 0.0981. The smallest absolute Gasteiger partial charge is 0.150 e. The highest BCUT2D eigenvalue weighted by molar-refractivity contribution is 5.88. The van der Waals surface area contributed by atoms with Gasteiger partial charge in [0, 0.05) is 12.2 Å². The zero-order valence-electron chi connectivity index (χ0n) is 16.1. The van der Waals surface area contributed by atoms with Gasteiger partial charge < -0.3 is 9.47 Å². The van der Waals surface area contributed by atoms with E-state index < -0.39 is 0 Å². The standard InChI is InChI=1S/C24H28O3/c1-2-3-14-26-15-16-27-23-11-8-19(9-12-23)21-10-13-24(22(17-21)18-25)20-6-4-5-7-20/h6,8-13,17-18H,2-5,7,14-16H2,1H3. The number of unbranched alkanes of at least 4 members (excludes halogenated alkanes) is 1. The van der Waals surface area contributed by atoms with Crippen molar-refractivity contribution in [3.8, 4) is 16.9 Å². The molecule has 0 heterocycles. The monoisotopic (exact) mass is 364 g/mol. The molecule has 0 atom stereocenters. The maximum Gasteiger partial charge on any atom is 0.150 e. The SMILES string of the molecule is CCCCOCCOc1ccc(-c2ccc(C3=CCCC3)c(C=O)c2)cc1. The largest absolute Gasteiger partial charge is 0.491 e. The third-order valence-electron chi connectivity index (χ3n) is 4.89. The summed E-state index contributed by atoms with van der Waals surface area (Å²) in [6, 6.07) is 14.2. The number of aldehydes is 1. The topological polar surface area (TPSA) is 35.5 Å². The summed E-state index contributed by atoms with van der Waals surface area (Å²) in [6.07, 6.45) is 8.81. The average Bonchev–Trinajstić information content (AvgIpc) is 3.25. The summed E-state index contributed by atoms with van der Waals surface area (Å²) < 4.78 is 11.2. The minimum absolute atomic E-state index is 0.558. The molecule has 0 radical (unpaired) electrons. The van der Waals surface area contributed by atoms with Crippen LogP contribution in [-0.4, -0.2) is 26.1 Å². The van der Waals surface area contributed by atoms with Gasteiger partial charge in [0.25, 0.3) is 0 Å². The van der Waals surface area contributed by atoms with Crippen LogP contribution in [0, 0.1) is 0 Å². The molecule has 27 heavy (non-hydrogen) atoms. The van der Waals surface area contributed by atoms with Crippen LogP contribution in [0.1, 0.15) is 54.9 Å². The van der Waals surface area contributed by atoms with E-state index in [-0.39, 0.29) is 0 Å². The van der Waals surface area contributed by atoms with E-state index in [2.05, 4.69) is 25.1 Å². The molecule has 0 aromatic heterocycles. The molecule has 2 aromatic carbocycles. The maximum absolute atomic E-state index is 11.6. The van der Waals surface area contributed by atoms with Gasteiger partial charge in [-0.2, -0.15) is 0 Å². The second-order valence-corrected chi connectivity index (χ2v) is 6.88. The number of hydrogen-bond donors (Lipinski definition) is 0. The van der Waals surface area contributed by atoms with Crippen LogP contribution in [0.5, 0.6) is 5.75 Å². The summed E-state index contributed by atoms with van der Waals surface area (Å²) in [5, 5.41) is 0. The van der Waals surface area contributed by atoms with Crippen molar-refractivity contribution in [1.29, 1.82) is 0 Å². The average molecular weight is 364 g/mol. The Morgan fingerprint density at radius 1 is 1.00 bits per heavy atom. The first kappa shape index (κ1) is 19.4. The van der Waals surface area contributed by atoms with Crippen LogP contribution in [0.3, 0.4) is 0 Å². The van der Waals surface area contributed by atoms with Crippen LogP contribution in [-0.2, 0) is 4.74 Å². The highest BCUT2D eigenvalue weighted by Gasteiger charge is 2.12. The summed E-state index contributed by atoms with van der Waals surface area (Å²) in [7, 11) is 0. The van der Waals surface area contributed by atoms with Gasteiger partial charge in [0.1, 0.15) is 12.4 Å². The van der Waals surface area contributed by atoms with Crippen molar-refractivity contribution in [3.63, 3.8) is 0 Å². The van der Waals surface area contributed by atoms with E-state index in [0.717, 1.165) is 66.6 Å². The van der Waals surface area contributed by atoms with Gasteiger partial charge in [0.05, 0.1) is 6.61 Å². The number of rotatable bonds is 10. The van der Waals surface area contributed by atoms with Gasteiger partial charge >= 0.3 is 0 Å². The Labute approximate surface area is 162 Å². The highest BCUT2D eigenvalue weighted by atomic mass is 16.5. The third kappa shape index (κ3) is 5.30. The lowest BCUT2D eigenvalue weighted by Crippen LogP contribution is -2.07. The predicted octanol–water partition coefficient (Wildman–Crippen LogP) is 5.93. The Balaban J connectivity index is 1.62. The van der Waals surface area contributed by atoms with Crippen molar-refractivity contribution >= 4 is 11.9 Å². The lowest BCUT2D eigenvalue weighted by Gasteiger charge is -2.10. The Bertz CT molecular complexity index is 775. The third-order valence-corrected chi connectivity index (χ3v) is 4.89. The molecule has 3 heteroatoms. The minimum Gasteiger partial charge on any atom is -0.491 e. The number of carbonyl (C=O) groups is 1. The normalized spacial score (nSPS) is 13.4. The molecule has 0 amide bonds. The zero-order valence-corrected chi connectivity index (χ0v) is 16.1. The number of hydrogen-bond acceptors (Lipinski definition) is 3. The molecule has 0 fully saturated rings. The summed E-state index contributed by atoms with van der Waals surface area (Å²) >= 11 is 0. The molecule has 0 N–H and O–H groups in total. The molecule has 0 spiro atoms. The van der Waals surface area contributed by atoms with E-state index in [4.69, 9.17) is 9.47 Å². The van der Waals surface area contributed by atoms with Crippen molar-refractivity contribution in [1.82, 2.24) is 0 Å². The number of allylic oxidation sites excluding steroid dienone is 2. The summed E-state index contributed by atoms with van der Waals surface area (Å²) in [5.74, 6) is 0.834. The molecule has 0 aliphatic heterocycles. The van der Waals surface area contributed by atoms with Crippen molar-refractivity contribution in [2.75, 3.05) is 19.8 Å². The number of benzene rings is 2. The zero-order chi connectivity index (χ0) is 18.9. The van der Waals surface area contributed by atoms with Gasteiger partial charge in [0.2, 0.25) is 0 Å². The molecule has 3 rings (SSSR count). The number of ether oxygens (including phenoxy) is 2. The van der Waals surface area contributed by atoms with E-state index in [0.29, 0.717) is 13.2 Å². The molecule has 2 aromatic rings. The van der Waals surface area contributed by atoms with E-state index in [9.17, 15) is 4.79 Å². The first-order valence-corrected chi connectivity index (χ1v) is 9.91. The van der Waals surface area contributed by atoms with Crippen molar-refractivity contribution in [2.24, 2.45) is 0 Å². The van der Waals surface area contributed by atoms with Crippen LogP contribution in [0.2, 0.25) is 0 Å². The van der Waals surface area contributed by atoms with Gasteiger partial charge in [0.15, 0.2) is 6.29 Å². The summed E-state index contributed by atoms with van der Waals surface area (Å²) in [6.45, 7) is 4.12. The molecule has 0 saturated carbocycles. The van der Waals surface area contributed by atoms with Crippen LogP contribution in [0.15, 0.2) is 48.5 Å². The Morgan fingerprint density at radius 2 is 1.81 bits per heavy atom. The molecule has 3 nitrogen and oxygen atoms in total. The highest BCUT2D eigenvalue weighted by Crippen LogP contribution is 2.32. The molecule has 1 aliphatic carbocycles. The molecular weight excluding hydrogens is 336 g/mol. The minimum atomic E-state index is 0.558. The van der Waals surface area contributed by atoms with Crippen LogP contribution in [0.25, 0.3) is 16.7 Å². The maximum atomic E-state index is 11.6. The molecule has 142 valence electrons. The fourth-order valence-electron chi connectivity index (χ4n) is 3.36.